The van der Waals surface area contributed by atoms with Crippen molar-refractivity contribution in [1.82, 2.24) is 4.57 Å². The van der Waals surface area contributed by atoms with E-state index in [4.69, 9.17) is 0 Å². The molecule has 0 saturated heterocycles. The Morgan fingerprint density at radius 3 is 2.42 bits per heavy atom. The van der Waals surface area contributed by atoms with Gasteiger partial charge >= 0.3 is 0 Å². The second-order valence-corrected chi connectivity index (χ2v) is 5.67. The topological polar surface area (TPSA) is 62.5 Å². The summed E-state index contributed by atoms with van der Waals surface area (Å²) in [6.07, 6.45) is -0.158. The second-order valence-electron chi connectivity index (χ2n) is 5.67. The lowest BCUT2D eigenvalue weighted by molar-refractivity contribution is -0.117. The molecule has 122 valence electrons. The number of carbonyl (C=O) groups excluding carboxylic acids is 1. The molecule has 5 heteroatoms. The molecule has 3 aromatic rings. The third-order valence-corrected chi connectivity index (χ3v) is 4.21. The molecule has 0 spiro atoms. The fourth-order valence-corrected chi connectivity index (χ4v) is 2.77. The molecule has 0 atom stereocenters. The van der Waals surface area contributed by atoms with Gasteiger partial charge in [0.1, 0.15) is 5.75 Å². The van der Waals surface area contributed by atoms with Crippen LogP contribution < -0.4 is 10.5 Å². The summed E-state index contributed by atoms with van der Waals surface area (Å²) in [6.45, 7) is 0. The molecule has 0 aliphatic heterocycles. The lowest BCUT2D eigenvalue weighted by Gasteiger charge is -2.18. The number of hydrogen-bond acceptors (Lipinski definition) is 3. The van der Waals surface area contributed by atoms with Gasteiger partial charge in [-0.1, -0.05) is 30.3 Å². The van der Waals surface area contributed by atoms with Crippen LogP contribution in [0.25, 0.3) is 10.9 Å². The molecule has 0 unspecified atom stereocenters. The van der Waals surface area contributed by atoms with E-state index >= 15 is 0 Å². The summed E-state index contributed by atoms with van der Waals surface area (Å²) in [6, 6.07) is 16.3. The van der Waals surface area contributed by atoms with E-state index in [-0.39, 0.29) is 29.2 Å². The van der Waals surface area contributed by atoms with E-state index in [1.807, 2.05) is 30.3 Å². The summed E-state index contributed by atoms with van der Waals surface area (Å²) in [7, 11) is 3.29. The van der Waals surface area contributed by atoms with Crippen LogP contribution in [-0.4, -0.2) is 22.6 Å². The zero-order chi connectivity index (χ0) is 17.3. The van der Waals surface area contributed by atoms with Crippen LogP contribution in [0.5, 0.6) is 5.75 Å². The van der Waals surface area contributed by atoms with Crippen molar-refractivity contribution in [1.29, 1.82) is 0 Å². The van der Waals surface area contributed by atoms with E-state index in [0.717, 1.165) is 5.69 Å². The average Bonchev–Trinajstić information content (AvgIpc) is 2.63. The Bertz CT molecular complexity index is 962. The molecular formula is C19H18N2O3. The Kier molecular flexibility index (Phi) is 4.08. The van der Waals surface area contributed by atoms with Gasteiger partial charge in [-0.2, -0.15) is 0 Å². The molecule has 2 aromatic carbocycles. The molecule has 24 heavy (non-hydrogen) atoms. The number of hydrogen-bond donors (Lipinski definition) is 1. The molecule has 0 saturated carbocycles. The third kappa shape index (κ3) is 2.65. The van der Waals surface area contributed by atoms with Crippen LogP contribution in [-0.2, 0) is 18.3 Å². The van der Waals surface area contributed by atoms with Crippen LogP contribution in [0.3, 0.4) is 0 Å². The smallest absolute Gasteiger partial charge is 0.258 e. The molecule has 1 amide bonds. The summed E-state index contributed by atoms with van der Waals surface area (Å²) < 4.78 is 1.46. The van der Waals surface area contributed by atoms with Crippen LogP contribution >= 0.6 is 0 Å². The maximum atomic E-state index is 12.5. The van der Waals surface area contributed by atoms with Crippen molar-refractivity contribution in [2.45, 2.75) is 6.42 Å². The number of aromatic hydroxyl groups is 1. The van der Waals surface area contributed by atoms with Crippen LogP contribution in [0, 0.1) is 0 Å². The van der Waals surface area contributed by atoms with E-state index in [1.54, 1.807) is 38.4 Å². The average molecular weight is 322 g/mol. The summed E-state index contributed by atoms with van der Waals surface area (Å²) >= 11 is 0. The number of likely N-dealkylation sites (N-methyl/N-ethyl adjacent to an activating group) is 1. The fraction of sp³-hybridized carbons (Fsp3) is 0.158. The number of pyridine rings is 1. The number of rotatable bonds is 3. The lowest BCUT2D eigenvalue weighted by atomic mass is 10.1. The Morgan fingerprint density at radius 1 is 1.08 bits per heavy atom. The van der Waals surface area contributed by atoms with E-state index in [0.29, 0.717) is 10.9 Å². The van der Waals surface area contributed by atoms with Gasteiger partial charge in [-0.15, -0.1) is 0 Å². The third-order valence-electron chi connectivity index (χ3n) is 4.21. The van der Waals surface area contributed by atoms with Gasteiger partial charge in [-0.3, -0.25) is 9.59 Å². The molecular weight excluding hydrogens is 304 g/mol. The van der Waals surface area contributed by atoms with E-state index < -0.39 is 0 Å². The quantitative estimate of drug-likeness (QED) is 0.805. The van der Waals surface area contributed by atoms with Crippen LogP contribution in [0.4, 0.5) is 5.69 Å². The zero-order valence-corrected chi connectivity index (χ0v) is 13.6. The van der Waals surface area contributed by atoms with Gasteiger partial charge in [0.15, 0.2) is 0 Å². The first kappa shape index (κ1) is 15.8. The summed E-state index contributed by atoms with van der Waals surface area (Å²) in [4.78, 5) is 26.5. The number of aryl methyl sites for hydroxylation is 1. The number of anilines is 1. The van der Waals surface area contributed by atoms with E-state index in [1.165, 1.54) is 9.47 Å². The van der Waals surface area contributed by atoms with Crippen molar-refractivity contribution in [3.05, 3.63) is 70.5 Å². The van der Waals surface area contributed by atoms with Gasteiger partial charge in [0.05, 0.1) is 17.5 Å². The maximum absolute atomic E-state index is 12.5. The number of fused-ring (bicyclic) bond motifs is 1. The van der Waals surface area contributed by atoms with Gasteiger partial charge < -0.3 is 14.6 Å². The summed E-state index contributed by atoms with van der Waals surface area (Å²) in [5.74, 6) is -0.382. The SMILES string of the molecule is CN(C(=O)Cc1c(O)c2ccccc2n(C)c1=O)c1ccccc1. The molecule has 1 N–H and O–H groups in total. The largest absolute Gasteiger partial charge is 0.507 e. The Morgan fingerprint density at radius 2 is 1.71 bits per heavy atom. The van der Waals surface area contributed by atoms with Crippen molar-refractivity contribution in [2.75, 3.05) is 11.9 Å². The van der Waals surface area contributed by atoms with Gasteiger partial charge in [-0.25, -0.2) is 0 Å². The molecule has 5 nitrogen and oxygen atoms in total. The fourth-order valence-electron chi connectivity index (χ4n) is 2.77. The first-order valence-corrected chi connectivity index (χ1v) is 7.62. The highest BCUT2D eigenvalue weighted by Crippen LogP contribution is 2.26. The standard InChI is InChI=1S/C19H18N2O3/c1-20(13-8-4-3-5-9-13)17(22)12-15-18(23)14-10-6-7-11-16(14)21(2)19(15)24/h3-11,23H,12H2,1-2H3. The zero-order valence-electron chi connectivity index (χ0n) is 13.6. The summed E-state index contributed by atoms with van der Waals surface area (Å²) in [5.41, 5.74) is 1.12. The highest BCUT2D eigenvalue weighted by atomic mass is 16.3. The molecule has 0 aliphatic rings. The van der Waals surface area contributed by atoms with Gasteiger partial charge in [0.25, 0.3) is 5.56 Å². The minimum Gasteiger partial charge on any atom is -0.507 e. The first-order valence-electron chi connectivity index (χ1n) is 7.62. The molecule has 3 rings (SSSR count). The molecule has 1 heterocycles. The number of carbonyl (C=O) groups is 1. The number of benzene rings is 2. The Balaban J connectivity index is 2.01. The highest BCUT2D eigenvalue weighted by Gasteiger charge is 2.19. The van der Waals surface area contributed by atoms with Crippen LogP contribution in [0.1, 0.15) is 5.56 Å². The van der Waals surface area contributed by atoms with E-state index in [2.05, 4.69) is 0 Å². The normalized spacial score (nSPS) is 10.8. The van der Waals surface area contributed by atoms with Crippen LogP contribution in [0.2, 0.25) is 0 Å². The molecule has 0 fully saturated rings. The summed E-state index contributed by atoms with van der Waals surface area (Å²) in [5, 5.41) is 11.0. The minimum absolute atomic E-state index is 0.115. The minimum atomic E-state index is -0.360. The molecule has 0 aliphatic carbocycles. The van der Waals surface area contributed by atoms with Gasteiger partial charge in [0, 0.05) is 25.2 Å². The predicted octanol–water partition coefficient (Wildman–Crippen LogP) is 2.45. The Labute approximate surface area is 139 Å². The Hall–Kier alpha value is -3.08. The number of nitrogens with zero attached hydrogens (tertiary/aromatic N) is 2. The van der Waals surface area contributed by atoms with E-state index in [9.17, 15) is 14.7 Å². The number of para-hydroxylation sites is 2. The van der Waals surface area contributed by atoms with Crippen molar-refractivity contribution in [3.8, 4) is 5.75 Å². The van der Waals surface area contributed by atoms with Crippen molar-refractivity contribution >= 4 is 22.5 Å². The first-order chi connectivity index (χ1) is 11.5. The maximum Gasteiger partial charge on any atom is 0.258 e. The monoisotopic (exact) mass is 322 g/mol. The van der Waals surface area contributed by atoms with Crippen LogP contribution in [0.15, 0.2) is 59.4 Å². The van der Waals surface area contributed by atoms with Crippen molar-refractivity contribution < 1.29 is 9.90 Å². The van der Waals surface area contributed by atoms with Crippen molar-refractivity contribution in [2.24, 2.45) is 7.05 Å². The van der Waals surface area contributed by atoms with Gasteiger partial charge in [0.2, 0.25) is 5.91 Å². The molecule has 0 bridgehead atoms. The predicted molar refractivity (Wildman–Crippen MR) is 94.4 cm³/mol. The van der Waals surface area contributed by atoms with Gasteiger partial charge in [-0.05, 0) is 24.3 Å². The lowest BCUT2D eigenvalue weighted by Crippen LogP contribution is -2.31. The molecule has 1 aromatic heterocycles. The second kappa shape index (κ2) is 6.20. The molecule has 0 radical (unpaired) electrons. The van der Waals surface area contributed by atoms with Crippen molar-refractivity contribution in [3.63, 3.8) is 0 Å². The highest BCUT2D eigenvalue weighted by molar-refractivity contribution is 5.96. The number of amides is 1. The number of aromatic nitrogens is 1.